The number of aryl methyl sites for hydroxylation is 1. The lowest BCUT2D eigenvalue weighted by Gasteiger charge is -2.43. The summed E-state index contributed by atoms with van der Waals surface area (Å²) in [5.41, 5.74) is 1.60. The topological polar surface area (TPSA) is 49.8 Å². The summed E-state index contributed by atoms with van der Waals surface area (Å²) in [6, 6.07) is 5.40. The van der Waals surface area contributed by atoms with Crippen LogP contribution < -0.4 is 9.64 Å². The Morgan fingerprint density at radius 2 is 2.21 bits per heavy atom. The lowest BCUT2D eigenvalue weighted by molar-refractivity contribution is -0.138. The van der Waals surface area contributed by atoms with Gasteiger partial charge in [-0.25, -0.2) is 4.79 Å². The molecule has 0 radical (unpaired) electrons. The smallest absolute Gasteiger partial charge is 0.326 e. The molecule has 0 bridgehead atoms. The van der Waals surface area contributed by atoms with Crippen molar-refractivity contribution < 1.29 is 14.6 Å². The van der Waals surface area contributed by atoms with Crippen molar-refractivity contribution in [3.63, 3.8) is 0 Å². The van der Waals surface area contributed by atoms with E-state index in [9.17, 15) is 9.90 Å². The Bertz CT molecular complexity index is 496. The summed E-state index contributed by atoms with van der Waals surface area (Å²) in [5, 5.41) is 9.41. The molecule has 1 heterocycles. The van der Waals surface area contributed by atoms with Gasteiger partial charge in [0.15, 0.2) is 0 Å². The first kappa shape index (κ1) is 13.7. The number of aliphatic carboxylic acids is 1. The lowest BCUT2D eigenvalue weighted by atomic mass is 10.0. The molecular weight excluding hydrogens is 242 g/mol. The lowest BCUT2D eigenvalue weighted by Crippen LogP contribution is -2.53. The minimum Gasteiger partial charge on any atom is -0.484 e. The Labute approximate surface area is 114 Å². The van der Waals surface area contributed by atoms with Crippen molar-refractivity contribution in [2.75, 3.05) is 11.4 Å². The van der Waals surface area contributed by atoms with Gasteiger partial charge >= 0.3 is 5.97 Å². The average Bonchev–Trinajstić information content (AvgIpc) is 2.29. The van der Waals surface area contributed by atoms with Gasteiger partial charge in [-0.1, -0.05) is 13.0 Å². The molecule has 0 saturated carbocycles. The molecule has 4 nitrogen and oxygen atoms in total. The third kappa shape index (κ3) is 2.67. The summed E-state index contributed by atoms with van der Waals surface area (Å²) < 4.78 is 5.94. The van der Waals surface area contributed by atoms with Crippen molar-refractivity contribution in [1.82, 2.24) is 0 Å². The number of nitrogens with zero attached hydrogens (tertiary/aromatic N) is 1. The second-order valence-corrected chi connectivity index (χ2v) is 5.72. The Morgan fingerprint density at radius 3 is 2.79 bits per heavy atom. The summed E-state index contributed by atoms with van der Waals surface area (Å²) in [4.78, 5) is 13.4. The van der Waals surface area contributed by atoms with Gasteiger partial charge in [0.1, 0.15) is 17.4 Å². The van der Waals surface area contributed by atoms with E-state index in [1.165, 1.54) is 0 Å². The third-order valence-electron chi connectivity index (χ3n) is 3.41. The molecule has 2 rings (SSSR count). The summed E-state index contributed by atoms with van der Waals surface area (Å²) >= 11 is 0. The highest BCUT2D eigenvalue weighted by Gasteiger charge is 2.37. The SMILES string of the molecule is CCC(C(=O)O)N1CC(C)(C)Oc2ccc(C)cc21. The van der Waals surface area contributed by atoms with Crippen molar-refractivity contribution in [2.45, 2.75) is 45.8 Å². The Balaban J connectivity index is 2.49. The Morgan fingerprint density at radius 1 is 1.53 bits per heavy atom. The molecule has 104 valence electrons. The van der Waals surface area contributed by atoms with Crippen LogP contribution in [0.15, 0.2) is 18.2 Å². The Hall–Kier alpha value is -1.71. The minimum atomic E-state index is -0.785. The monoisotopic (exact) mass is 263 g/mol. The molecule has 0 spiro atoms. The third-order valence-corrected chi connectivity index (χ3v) is 3.41. The molecule has 1 aromatic rings. The maximum atomic E-state index is 11.5. The average molecular weight is 263 g/mol. The van der Waals surface area contributed by atoms with E-state index < -0.39 is 12.0 Å². The predicted octanol–water partition coefficient (Wildman–Crippen LogP) is 2.84. The van der Waals surface area contributed by atoms with Crippen LogP contribution in [0.3, 0.4) is 0 Å². The zero-order valence-corrected chi connectivity index (χ0v) is 11.9. The highest BCUT2D eigenvalue weighted by atomic mass is 16.5. The van der Waals surface area contributed by atoms with Gasteiger partial charge in [0.2, 0.25) is 0 Å². The van der Waals surface area contributed by atoms with Crippen LogP contribution in [0.1, 0.15) is 32.8 Å². The summed E-state index contributed by atoms with van der Waals surface area (Å²) in [6.07, 6.45) is 0.568. The molecular formula is C15H21NO3. The van der Waals surface area contributed by atoms with Gasteiger partial charge in [-0.05, 0) is 44.9 Å². The van der Waals surface area contributed by atoms with Gasteiger partial charge in [-0.15, -0.1) is 0 Å². The number of anilines is 1. The van der Waals surface area contributed by atoms with E-state index in [2.05, 4.69) is 0 Å². The largest absolute Gasteiger partial charge is 0.484 e. The van der Waals surface area contributed by atoms with Crippen molar-refractivity contribution in [2.24, 2.45) is 0 Å². The van der Waals surface area contributed by atoms with E-state index in [4.69, 9.17) is 4.74 Å². The molecule has 1 aliphatic rings. The first-order valence-electron chi connectivity index (χ1n) is 6.63. The zero-order chi connectivity index (χ0) is 14.2. The number of hydrogen-bond acceptors (Lipinski definition) is 3. The number of carboxylic acid groups (broad SMARTS) is 1. The summed E-state index contributed by atoms with van der Waals surface area (Å²) in [6.45, 7) is 8.44. The second-order valence-electron chi connectivity index (χ2n) is 5.72. The van der Waals surface area contributed by atoms with Crippen LogP contribution in [0.5, 0.6) is 5.75 Å². The molecule has 0 saturated heterocycles. The van der Waals surface area contributed by atoms with Gasteiger partial charge in [-0.2, -0.15) is 0 Å². The molecule has 4 heteroatoms. The van der Waals surface area contributed by atoms with Crippen LogP contribution in [0.4, 0.5) is 5.69 Å². The van der Waals surface area contributed by atoms with Crippen LogP contribution >= 0.6 is 0 Å². The standard InChI is InChI=1S/C15H21NO3/c1-5-11(14(17)18)16-9-15(3,4)19-13-7-6-10(2)8-12(13)16/h6-8,11H,5,9H2,1-4H3,(H,17,18). The van der Waals surface area contributed by atoms with Crippen LogP contribution in [-0.2, 0) is 4.79 Å². The minimum absolute atomic E-state index is 0.384. The fraction of sp³-hybridized carbons (Fsp3) is 0.533. The van der Waals surface area contributed by atoms with Gasteiger partial charge in [-0.3, -0.25) is 0 Å². The summed E-state index contributed by atoms with van der Waals surface area (Å²) in [7, 11) is 0. The van der Waals surface area contributed by atoms with Crippen LogP contribution in [0.2, 0.25) is 0 Å². The second kappa shape index (κ2) is 4.76. The van der Waals surface area contributed by atoms with E-state index in [0.717, 1.165) is 17.0 Å². The fourth-order valence-electron chi connectivity index (χ4n) is 2.57. The van der Waals surface area contributed by atoms with Crippen LogP contribution in [-0.4, -0.2) is 29.3 Å². The molecule has 1 unspecified atom stereocenters. The van der Waals surface area contributed by atoms with E-state index in [0.29, 0.717) is 13.0 Å². The maximum Gasteiger partial charge on any atom is 0.326 e. The molecule has 1 aromatic carbocycles. The van der Waals surface area contributed by atoms with E-state index >= 15 is 0 Å². The molecule has 0 aliphatic carbocycles. The van der Waals surface area contributed by atoms with Crippen molar-refractivity contribution in [3.8, 4) is 5.75 Å². The molecule has 1 aliphatic heterocycles. The van der Waals surface area contributed by atoms with Crippen LogP contribution in [0, 0.1) is 6.92 Å². The Kier molecular flexibility index (Phi) is 3.43. The maximum absolute atomic E-state index is 11.5. The van der Waals surface area contributed by atoms with E-state index in [1.54, 1.807) is 0 Å². The van der Waals surface area contributed by atoms with Gasteiger partial charge in [0, 0.05) is 0 Å². The van der Waals surface area contributed by atoms with Gasteiger partial charge in [0.25, 0.3) is 0 Å². The number of carboxylic acids is 1. The normalized spacial score (nSPS) is 18.4. The number of fused-ring (bicyclic) bond motifs is 1. The molecule has 0 amide bonds. The number of carbonyl (C=O) groups is 1. The van der Waals surface area contributed by atoms with Gasteiger partial charge in [0.05, 0.1) is 12.2 Å². The van der Waals surface area contributed by atoms with E-state index in [1.807, 2.05) is 50.8 Å². The quantitative estimate of drug-likeness (QED) is 0.911. The van der Waals surface area contributed by atoms with Crippen molar-refractivity contribution in [1.29, 1.82) is 0 Å². The fourth-order valence-corrected chi connectivity index (χ4v) is 2.57. The molecule has 1 atom stereocenters. The van der Waals surface area contributed by atoms with Crippen LogP contribution in [0.25, 0.3) is 0 Å². The van der Waals surface area contributed by atoms with Gasteiger partial charge < -0.3 is 14.7 Å². The summed E-state index contributed by atoms with van der Waals surface area (Å²) in [5.74, 6) is -0.0193. The number of hydrogen-bond donors (Lipinski definition) is 1. The molecule has 0 aromatic heterocycles. The number of rotatable bonds is 3. The van der Waals surface area contributed by atoms with E-state index in [-0.39, 0.29) is 5.60 Å². The zero-order valence-electron chi connectivity index (χ0n) is 11.9. The first-order valence-corrected chi connectivity index (χ1v) is 6.63. The first-order chi connectivity index (χ1) is 8.84. The molecule has 19 heavy (non-hydrogen) atoms. The molecule has 1 N–H and O–H groups in total. The molecule has 0 fully saturated rings. The predicted molar refractivity (Wildman–Crippen MR) is 74.9 cm³/mol. The highest BCUT2D eigenvalue weighted by molar-refractivity contribution is 5.80. The highest BCUT2D eigenvalue weighted by Crippen LogP contribution is 2.39. The van der Waals surface area contributed by atoms with Crippen molar-refractivity contribution >= 4 is 11.7 Å². The number of ether oxygens (including phenoxy) is 1. The number of benzene rings is 1. The van der Waals surface area contributed by atoms with Crippen molar-refractivity contribution in [3.05, 3.63) is 23.8 Å².